The van der Waals surface area contributed by atoms with Gasteiger partial charge in [0.25, 0.3) is 0 Å². The SMILES string of the molecule is CCNCC(C)=Cc1ccc(OC(F)F)cc1. The van der Waals surface area contributed by atoms with E-state index in [4.69, 9.17) is 0 Å². The van der Waals surface area contributed by atoms with Crippen molar-refractivity contribution in [3.63, 3.8) is 0 Å². The molecule has 0 aliphatic rings. The van der Waals surface area contributed by atoms with E-state index in [-0.39, 0.29) is 5.75 Å². The first-order chi connectivity index (χ1) is 8.11. The lowest BCUT2D eigenvalue weighted by molar-refractivity contribution is -0.0498. The standard InChI is InChI=1S/C13H17F2NO/c1-3-16-9-10(2)8-11-4-6-12(7-5-11)17-13(14)15/h4-8,13,16H,3,9H2,1-2H3. The summed E-state index contributed by atoms with van der Waals surface area (Å²) < 4.78 is 28.1. The summed E-state index contributed by atoms with van der Waals surface area (Å²) in [6, 6.07) is 6.59. The van der Waals surface area contributed by atoms with Gasteiger partial charge in [0.2, 0.25) is 0 Å². The van der Waals surface area contributed by atoms with Gasteiger partial charge in [-0.25, -0.2) is 0 Å². The number of nitrogens with one attached hydrogen (secondary N) is 1. The number of alkyl halides is 2. The molecule has 94 valence electrons. The maximum Gasteiger partial charge on any atom is 0.387 e. The molecule has 0 spiro atoms. The number of hydrogen-bond donors (Lipinski definition) is 1. The van der Waals surface area contributed by atoms with Gasteiger partial charge in [0.05, 0.1) is 0 Å². The third-order valence-corrected chi connectivity index (χ3v) is 2.17. The summed E-state index contributed by atoms with van der Waals surface area (Å²) in [4.78, 5) is 0. The van der Waals surface area contributed by atoms with Crippen molar-refractivity contribution in [1.29, 1.82) is 0 Å². The fraction of sp³-hybridized carbons (Fsp3) is 0.385. The van der Waals surface area contributed by atoms with E-state index in [1.165, 1.54) is 5.57 Å². The normalized spacial score (nSPS) is 11.9. The van der Waals surface area contributed by atoms with Crippen molar-refractivity contribution in [1.82, 2.24) is 5.32 Å². The van der Waals surface area contributed by atoms with Crippen molar-refractivity contribution in [2.45, 2.75) is 20.5 Å². The van der Waals surface area contributed by atoms with Gasteiger partial charge in [-0.05, 0) is 31.2 Å². The van der Waals surface area contributed by atoms with Crippen molar-refractivity contribution in [2.24, 2.45) is 0 Å². The van der Waals surface area contributed by atoms with Crippen molar-refractivity contribution < 1.29 is 13.5 Å². The summed E-state index contributed by atoms with van der Waals surface area (Å²) in [5.41, 5.74) is 2.16. The molecule has 2 nitrogen and oxygen atoms in total. The van der Waals surface area contributed by atoms with Crippen LogP contribution in [-0.4, -0.2) is 19.7 Å². The Morgan fingerprint density at radius 1 is 1.35 bits per heavy atom. The van der Waals surface area contributed by atoms with E-state index in [0.29, 0.717) is 0 Å². The Kier molecular flexibility index (Phi) is 5.63. The predicted octanol–water partition coefficient (Wildman–Crippen LogP) is 3.30. The zero-order chi connectivity index (χ0) is 12.7. The van der Waals surface area contributed by atoms with Gasteiger partial charge in [0.1, 0.15) is 5.75 Å². The molecule has 0 saturated carbocycles. The second kappa shape index (κ2) is 7.01. The Bertz CT molecular complexity index is 360. The lowest BCUT2D eigenvalue weighted by Crippen LogP contribution is -2.14. The first-order valence-electron chi connectivity index (χ1n) is 5.54. The number of benzene rings is 1. The van der Waals surface area contributed by atoms with Crippen LogP contribution in [0.15, 0.2) is 29.8 Å². The third-order valence-electron chi connectivity index (χ3n) is 2.17. The molecule has 1 aromatic carbocycles. The summed E-state index contributed by atoms with van der Waals surface area (Å²) in [7, 11) is 0. The van der Waals surface area contributed by atoms with Crippen molar-refractivity contribution >= 4 is 6.08 Å². The van der Waals surface area contributed by atoms with Gasteiger partial charge in [0.15, 0.2) is 0 Å². The van der Waals surface area contributed by atoms with Gasteiger partial charge in [-0.1, -0.05) is 30.7 Å². The molecule has 0 unspecified atom stereocenters. The fourth-order valence-electron chi connectivity index (χ4n) is 1.40. The second-order valence-corrected chi connectivity index (χ2v) is 3.72. The molecule has 1 N–H and O–H groups in total. The Hall–Kier alpha value is -1.42. The molecule has 0 radical (unpaired) electrons. The van der Waals surface area contributed by atoms with Crippen molar-refractivity contribution in [3.05, 3.63) is 35.4 Å². The molecule has 0 amide bonds. The lowest BCUT2D eigenvalue weighted by atomic mass is 10.1. The van der Waals surface area contributed by atoms with E-state index < -0.39 is 6.61 Å². The third kappa shape index (κ3) is 5.45. The summed E-state index contributed by atoms with van der Waals surface area (Å²) in [6.45, 7) is 3.04. The van der Waals surface area contributed by atoms with E-state index in [0.717, 1.165) is 18.7 Å². The quantitative estimate of drug-likeness (QED) is 0.825. The van der Waals surface area contributed by atoms with Crippen LogP contribution in [0.3, 0.4) is 0 Å². The van der Waals surface area contributed by atoms with Gasteiger partial charge < -0.3 is 10.1 Å². The van der Waals surface area contributed by atoms with Gasteiger partial charge in [-0.15, -0.1) is 0 Å². The molecule has 0 bridgehead atoms. The van der Waals surface area contributed by atoms with Crippen LogP contribution < -0.4 is 10.1 Å². The number of rotatable bonds is 6. The average Bonchev–Trinajstić information content (AvgIpc) is 2.28. The summed E-state index contributed by atoms with van der Waals surface area (Å²) in [6.07, 6.45) is 2.01. The minimum atomic E-state index is -2.77. The number of hydrogen-bond acceptors (Lipinski definition) is 2. The predicted molar refractivity (Wildman–Crippen MR) is 65.3 cm³/mol. The maximum atomic E-state index is 11.9. The molecule has 0 atom stereocenters. The zero-order valence-electron chi connectivity index (χ0n) is 10.0. The molecule has 1 aromatic rings. The van der Waals surface area contributed by atoms with Crippen LogP contribution >= 0.6 is 0 Å². The Labute approximate surface area is 100 Å². The highest BCUT2D eigenvalue weighted by Crippen LogP contribution is 2.16. The van der Waals surface area contributed by atoms with Gasteiger partial charge in [-0.3, -0.25) is 0 Å². The molecular formula is C13H17F2NO. The van der Waals surface area contributed by atoms with Crippen molar-refractivity contribution in [3.8, 4) is 5.75 Å². The second-order valence-electron chi connectivity index (χ2n) is 3.72. The average molecular weight is 241 g/mol. The molecule has 0 fully saturated rings. The Morgan fingerprint density at radius 3 is 2.53 bits per heavy atom. The van der Waals surface area contributed by atoms with E-state index in [1.54, 1.807) is 24.3 Å². The molecular weight excluding hydrogens is 224 g/mol. The molecule has 0 saturated heterocycles. The Balaban J connectivity index is 2.61. The monoisotopic (exact) mass is 241 g/mol. The highest BCUT2D eigenvalue weighted by molar-refractivity contribution is 5.53. The zero-order valence-corrected chi connectivity index (χ0v) is 10.0. The van der Waals surface area contributed by atoms with E-state index in [2.05, 4.69) is 10.1 Å². The highest BCUT2D eigenvalue weighted by atomic mass is 19.3. The topological polar surface area (TPSA) is 21.3 Å². The van der Waals surface area contributed by atoms with Crippen LogP contribution in [0.1, 0.15) is 19.4 Å². The summed E-state index contributed by atoms with van der Waals surface area (Å²) >= 11 is 0. The molecule has 0 aliphatic carbocycles. The molecule has 1 rings (SSSR count). The molecule has 0 aliphatic heterocycles. The lowest BCUT2D eigenvalue weighted by Gasteiger charge is -2.05. The maximum absolute atomic E-state index is 11.9. The summed E-state index contributed by atoms with van der Waals surface area (Å²) in [5.74, 6) is 0.182. The largest absolute Gasteiger partial charge is 0.435 e. The van der Waals surface area contributed by atoms with Gasteiger partial charge in [0, 0.05) is 6.54 Å². The first-order valence-corrected chi connectivity index (χ1v) is 5.54. The van der Waals surface area contributed by atoms with E-state index in [1.807, 2.05) is 19.9 Å². The van der Waals surface area contributed by atoms with Crippen LogP contribution in [0.5, 0.6) is 5.75 Å². The fourth-order valence-corrected chi connectivity index (χ4v) is 1.40. The molecule has 0 aromatic heterocycles. The molecule has 17 heavy (non-hydrogen) atoms. The van der Waals surface area contributed by atoms with Crippen molar-refractivity contribution in [2.75, 3.05) is 13.1 Å². The smallest absolute Gasteiger partial charge is 0.387 e. The first kappa shape index (κ1) is 13.6. The van der Waals surface area contributed by atoms with Crippen LogP contribution in [0.4, 0.5) is 8.78 Å². The number of halogens is 2. The van der Waals surface area contributed by atoms with E-state index in [9.17, 15) is 8.78 Å². The Morgan fingerprint density at radius 2 is 2.00 bits per heavy atom. The molecule has 4 heteroatoms. The van der Waals surface area contributed by atoms with Crippen LogP contribution in [-0.2, 0) is 0 Å². The van der Waals surface area contributed by atoms with Crippen LogP contribution in [0.2, 0.25) is 0 Å². The minimum Gasteiger partial charge on any atom is -0.435 e. The van der Waals surface area contributed by atoms with Crippen LogP contribution in [0.25, 0.3) is 6.08 Å². The number of likely N-dealkylation sites (N-methyl/N-ethyl adjacent to an activating group) is 1. The highest BCUT2D eigenvalue weighted by Gasteiger charge is 2.02. The number of ether oxygens (including phenoxy) is 1. The molecule has 0 heterocycles. The minimum absolute atomic E-state index is 0.182. The van der Waals surface area contributed by atoms with Crippen LogP contribution in [0, 0.1) is 0 Å². The van der Waals surface area contributed by atoms with Gasteiger partial charge >= 0.3 is 6.61 Å². The van der Waals surface area contributed by atoms with E-state index >= 15 is 0 Å². The summed E-state index contributed by atoms with van der Waals surface area (Å²) in [5, 5.41) is 3.21. The van der Waals surface area contributed by atoms with Gasteiger partial charge in [-0.2, -0.15) is 8.78 Å².